The summed E-state index contributed by atoms with van der Waals surface area (Å²) >= 11 is 0. The second-order valence-corrected chi connectivity index (χ2v) is 4.07. The van der Waals surface area contributed by atoms with Gasteiger partial charge in [0.05, 0.1) is 11.6 Å². The fourth-order valence-electron chi connectivity index (χ4n) is 1.61. The molecule has 0 bridgehead atoms. The Morgan fingerprint density at radius 3 is 2.81 bits per heavy atom. The lowest BCUT2D eigenvalue weighted by atomic mass is 10.1. The highest BCUT2D eigenvalue weighted by atomic mass is 16.5. The first-order valence-electron chi connectivity index (χ1n) is 5.44. The van der Waals surface area contributed by atoms with Crippen LogP contribution in [0.4, 0.5) is 0 Å². The molecule has 3 nitrogen and oxygen atoms in total. The van der Waals surface area contributed by atoms with E-state index in [4.69, 9.17) is 10.5 Å². The largest absolute Gasteiger partial charge is 0.491 e. The Morgan fingerprint density at radius 1 is 1.31 bits per heavy atom. The van der Waals surface area contributed by atoms with E-state index in [1.165, 1.54) is 0 Å². The molecule has 16 heavy (non-hydrogen) atoms. The van der Waals surface area contributed by atoms with E-state index in [0.717, 1.165) is 22.2 Å². The topological polar surface area (TPSA) is 48.1 Å². The fraction of sp³-hybridized carbons (Fsp3) is 0.308. The van der Waals surface area contributed by atoms with Crippen LogP contribution in [0.3, 0.4) is 0 Å². The number of pyridine rings is 1. The van der Waals surface area contributed by atoms with Crippen LogP contribution in [0.15, 0.2) is 30.5 Å². The number of nitrogens with zero attached hydrogens (tertiary/aromatic N) is 1. The van der Waals surface area contributed by atoms with Crippen LogP contribution in [0.1, 0.15) is 19.4 Å². The molecule has 1 heterocycles. The van der Waals surface area contributed by atoms with Gasteiger partial charge in [0.2, 0.25) is 0 Å². The Hall–Kier alpha value is -1.61. The van der Waals surface area contributed by atoms with Crippen molar-refractivity contribution in [1.29, 1.82) is 0 Å². The molecule has 0 atom stereocenters. The van der Waals surface area contributed by atoms with E-state index in [2.05, 4.69) is 11.1 Å². The van der Waals surface area contributed by atoms with Crippen molar-refractivity contribution in [2.75, 3.05) is 0 Å². The third-order valence-electron chi connectivity index (χ3n) is 2.32. The lowest BCUT2D eigenvalue weighted by molar-refractivity contribution is 0.243. The van der Waals surface area contributed by atoms with Crippen LogP contribution in [0.5, 0.6) is 5.75 Å². The number of hydrogen-bond acceptors (Lipinski definition) is 3. The zero-order chi connectivity index (χ0) is 11.5. The molecule has 1 aromatic heterocycles. The number of fused-ring (bicyclic) bond motifs is 1. The van der Waals surface area contributed by atoms with Gasteiger partial charge in [0.15, 0.2) is 0 Å². The summed E-state index contributed by atoms with van der Waals surface area (Å²) in [5.41, 5.74) is 7.59. The van der Waals surface area contributed by atoms with E-state index in [0.29, 0.717) is 6.54 Å². The average molecular weight is 216 g/mol. The van der Waals surface area contributed by atoms with Gasteiger partial charge in [0, 0.05) is 18.1 Å². The molecule has 0 saturated carbocycles. The first-order chi connectivity index (χ1) is 7.69. The van der Waals surface area contributed by atoms with Crippen molar-refractivity contribution in [3.63, 3.8) is 0 Å². The van der Waals surface area contributed by atoms with E-state index in [1.54, 1.807) is 0 Å². The molecule has 0 amide bonds. The minimum atomic E-state index is 0.183. The normalized spacial score (nSPS) is 11.0. The van der Waals surface area contributed by atoms with Crippen LogP contribution in [0.25, 0.3) is 10.9 Å². The molecule has 84 valence electrons. The van der Waals surface area contributed by atoms with E-state index in [1.807, 2.05) is 38.2 Å². The minimum absolute atomic E-state index is 0.183. The van der Waals surface area contributed by atoms with Crippen molar-refractivity contribution in [3.8, 4) is 5.75 Å². The Morgan fingerprint density at radius 2 is 2.12 bits per heavy atom. The molecule has 0 saturated heterocycles. The molecule has 2 N–H and O–H groups in total. The standard InChI is InChI=1S/C13H16N2O/c1-9(2)16-12-3-4-13-11(6-12)5-10(7-14)8-15-13/h3-6,8-9H,7,14H2,1-2H3. The van der Waals surface area contributed by atoms with Crippen molar-refractivity contribution in [2.45, 2.75) is 26.5 Å². The molecule has 0 aliphatic carbocycles. The number of hydrogen-bond donors (Lipinski definition) is 1. The van der Waals surface area contributed by atoms with Gasteiger partial charge in [-0.05, 0) is 43.7 Å². The summed E-state index contributed by atoms with van der Waals surface area (Å²) in [7, 11) is 0. The van der Waals surface area contributed by atoms with Gasteiger partial charge in [-0.15, -0.1) is 0 Å². The van der Waals surface area contributed by atoms with Crippen LogP contribution < -0.4 is 10.5 Å². The maximum atomic E-state index is 5.64. The molecule has 2 aromatic rings. The first kappa shape index (κ1) is 10.9. The van der Waals surface area contributed by atoms with Crippen molar-refractivity contribution < 1.29 is 4.74 Å². The Labute approximate surface area is 95.2 Å². The predicted octanol–water partition coefficient (Wildman–Crippen LogP) is 2.48. The van der Waals surface area contributed by atoms with Gasteiger partial charge >= 0.3 is 0 Å². The zero-order valence-corrected chi connectivity index (χ0v) is 9.60. The van der Waals surface area contributed by atoms with Crippen LogP contribution in [-0.4, -0.2) is 11.1 Å². The van der Waals surface area contributed by atoms with Gasteiger partial charge in [-0.25, -0.2) is 0 Å². The van der Waals surface area contributed by atoms with Crippen LogP contribution in [0, 0.1) is 0 Å². The second-order valence-electron chi connectivity index (χ2n) is 4.07. The maximum Gasteiger partial charge on any atom is 0.120 e. The maximum absolute atomic E-state index is 5.64. The molecular formula is C13H16N2O. The number of rotatable bonds is 3. The molecular weight excluding hydrogens is 200 g/mol. The first-order valence-corrected chi connectivity index (χ1v) is 5.44. The number of aromatic nitrogens is 1. The van der Waals surface area contributed by atoms with E-state index < -0.39 is 0 Å². The summed E-state index contributed by atoms with van der Waals surface area (Å²) in [6.07, 6.45) is 1.99. The molecule has 3 heteroatoms. The van der Waals surface area contributed by atoms with Crippen molar-refractivity contribution in [3.05, 3.63) is 36.0 Å². The van der Waals surface area contributed by atoms with Crippen LogP contribution >= 0.6 is 0 Å². The summed E-state index contributed by atoms with van der Waals surface area (Å²) < 4.78 is 5.64. The van der Waals surface area contributed by atoms with E-state index in [-0.39, 0.29) is 6.10 Å². The Balaban J connectivity index is 2.42. The summed E-state index contributed by atoms with van der Waals surface area (Å²) in [5, 5.41) is 1.07. The Kier molecular flexibility index (Phi) is 3.06. The quantitative estimate of drug-likeness (QED) is 0.857. The van der Waals surface area contributed by atoms with Gasteiger partial charge in [-0.1, -0.05) is 0 Å². The number of ether oxygens (including phenoxy) is 1. The fourth-order valence-corrected chi connectivity index (χ4v) is 1.61. The minimum Gasteiger partial charge on any atom is -0.491 e. The molecule has 0 spiro atoms. The molecule has 0 unspecified atom stereocenters. The molecule has 1 aromatic carbocycles. The summed E-state index contributed by atoms with van der Waals surface area (Å²) in [4.78, 5) is 4.34. The lowest BCUT2D eigenvalue weighted by Gasteiger charge is -2.10. The molecule has 0 radical (unpaired) electrons. The summed E-state index contributed by atoms with van der Waals surface area (Å²) in [6.45, 7) is 4.54. The highest BCUT2D eigenvalue weighted by molar-refractivity contribution is 5.80. The number of nitrogens with two attached hydrogens (primary N) is 1. The lowest BCUT2D eigenvalue weighted by Crippen LogP contribution is -2.05. The number of benzene rings is 1. The van der Waals surface area contributed by atoms with Gasteiger partial charge < -0.3 is 10.5 Å². The molecule has 0 aliphatic heterocycles. The van der Waals surface area contributed by atoms with E-state index in [9.17, 15) is 0 Å². The third-order valence-corrected chi connectivity index (χ3v) is 2.32. The predicted molar refractivity (Wildman–Crippen MR) is 65.4 cm³/mol. The van der Waals surface area contributed by atoms with Gasteiger partial charge in [-0.3, -0.25) is 4.98 Å². The zero-order valence-electron chi connectivity index (χ0n) is 9.60. The van der Waals surface area contributed by atoms with Crippen molar-refractivity contribution >= 4 is 10.9 Å². The smallest absolute Gasteiger partial charge is 0.120 e. The van der Waals surface area contributed by atoms with E-state index >= 15 is 0 Å². The summed E-state index contributed by atoms with van der Waals surface area (Å²) in [5.74, 6) is 0.874. The Bertz CT molecular complexity index is 494. The summed E-state index contributed by atoms with van der Waals surface area (Å²) in [6, 6.07) is 7.96. The van der Waals surface area contributed by atoms with Gasteiger partial charge in [-0.2, -0.15) is 0 Å². The molecule has 0 fully saturated rings. The van der Waals surface area contributed by atoms with Crippen LogP contribution in [0.2, 0.25) is 0 Å². The molecule has 0 aliphatic rings. The van der Waals surface area contributed by atoms with Crippen LogP contribution in [-0.2, 0) is 6.54 Å². The van der Waals surface area contributed by atoms with Crippen molar-refractivity contribution in [1.82, 2.24) is 4.98 Å². The van der Waals surface area contributed by atoms with Crippen molar-refractivity contribution in [2.24, 2.45) is 5.73 Å². The molecule has 2 rings (SSSR count). The van der Waals surface area contributed by atoms with Gasteiger partial charge in [0.1, 0.15) is 5.75 Å². The van der Waals surface area contributed by atoms with Gasteiger partial charge in [0.25, 0.3) is 0 Å². The SMILES string of the molecule is CC(C)Oc1ccc2ncc(CN)cc2c1. The third kappa shape index (κ3) is 2.31. The second kappa shape index (κ2) is 4.49. The monoisotopic (exact) mass is 216 g/mol. The average Bonchev–Trinajstić information content (AvgIpc) is 2.27. The highest BCUT2D eigenvalue weighted by Gasteiger charge is 2.01. The highest BCUT2D eigenvalue weighted by Crippen LogP contribution is 2.21.